The average molecular weight is 221 g/mol. The molecule has 0 bridgehead atoms. The molecule has 14 heavy (non-hydrogen) atoms. The number of carbonyl (C=O) groups is 1. The number of ether oxygens (including phenoxy) is 1. The molecule has 1 aliphatic heterocycles. The number of nitrogens with zero attached hydrogens (tertiary/aromatic N) is 1. The first kappa shape index (κ1) is 11.5. The van der Waals surface area contributed by atoms with Crippen molar-refractivity contribution in [2.75, 3.05) is 31.8 Å². The monoisotopic (exact) mass is 221 g/mol. The minimum atomic E-state index is -2.92. The van der Waals surface area contributed by atoms with E-state index < -0.39 is 9.84 Å². The van der Waals surface area contributed by atoms with E-state index in [0.29, 0.717) is 26.0 Å². The van der Waals surface area contributed by atoms with Gasteiger partial charge in [0.05, 0.1) is 18.1 Å². The van der Waals surface area contributed by atoms with Crippen LogP contribution in [0.5, 0.6) is 0 Å². The number of carbonyl (C=O) groups excluding carboxylic acids is 1. The third kappa shape index (κ3) is 2.95. The summed E-state index contributed by atoms with van der Waals surface area (Å²) in [5.41, 5.74) is 0. The van der Waals surface area contributed by atoms with E-state index in [1.54, 1.807) is 7.11 Å². The van der Waals surface area contributed by atoms with Crippen molar-refractivity contribution in [3.05, 3.63) is 0 Å². The van der Waals surface area contributed by atoms with Crippen LogP contribution in [0.2, 0.25) is 0 Å². The molecule has 0 spiro atoms. The molecule has 1 saturated heterocycles. The van der Waals surface area contributed by atoms with Gasteiger partial charge in [-0.25, -0.2) is 8.42 Å². The van der Waals surface area contributed by atoms with E-state index in [-0.39, 0.29) is 17.5 Å². The Morgan fingerprint density at radius 1 is 1.57 bits per heavy atom. The van der Waals surface area contributed by atoms with Gasteiger partial charge in [0.1, 0.15) is 0 Å². The first-order valence-electron chi connectivity index (χ1n) is 4.49. The van der Waals surface area contributed by atoms with Crippen molar-refractivity contribution < 1.29 is 17.9 Å². The molecule has 0 aromatic carbocycles. The van der Waals surface area contributed by atoms with Crippen molar-refractivity contribution in [3.63, 3.8) is 0 Å². The predicted molar refractivity (Wildman–Crippen MR) is 51.7 cm³/mol. The van der Waals surface area contributed by atoms with Crippen LogP contribution in [0, 0.1) is 0 Å². The zero-order valence-electron chi connectivity index (χ0n) is 8.18. The molecule has 0 aromatic heterocycles. The zero-order chi connectivity index (χ0) is 10.6. The highest BCUT2D eigenvalue weighted by atomic mass is 32.2. The molecule has 1 aliphatic rings. The van der Waals surface area contributed by atoms with Gasteiger partial charge in [-0.2, -0.15) is 0 Å². The van der Waals surface area contributed by atoms with Crippen LogP contribution in [0.25, 0.3) is 0 Å². The molecular formula is C8H15NO4S. The molecule has 5 nitrogen and oxygen atoms in total. The third-order valence-corrected chi connectivity index (χ3v) is 4.12. The molecule has 1 atom stereocenters. The van der Waals surface area contributed by atoms with Crippen molar-refractivity contribution >= 4 is 16.2 Å². The summed E-state index contributed by atoms with van der Waals surface area (Å²) in [6, 6.07) is -0.160. The molecule has 0 saturated carbocycles. The number of hydrogen-bond donors (Lipinski definition) is 0. The molecule has 1 heterocycles. The largest absolute Gasteiger partial charge is 0.383 e. The maximum atomic E-state index is 11.2. The topological polar surface area (TPSA) is 63.7 Å². The SMILES string of the molecule is COCCN(C=O)C1CCS(=O)(=O)C1. The fourth-order valence-electron chi connectivity index (χ4n) is 1.55. The van der Waals surface area contributed by atoms with Crippen LogP contribution < -0.4 is 0 Å². The highest BCUT2D eigenvalue weighted by Gasteiger charge is 2.31. The molecular weight excluding hydrogens is 206 g/mol. The van der Waals surface area contributed by atoms with Gasteiger partial charge in [0.15, 0.2) is 9.84 Å². The Kier molecular flexibility index (Phi) is 3.88. The fraction of sp³-hybridized carbons (Fsp3) is 0.875. The van der Waals surface area contributed by atoms with Gasteiger partial charge < -0.3 is 9.64 Å². The maximum Gasteiger partial charge on any atom is 0.210 e. The van der Waals surface area contributed by atoms with Gasteiger partial charge in [0.2, 0.25) is 6.41 Å². The van der Waals surface area contributed by atoms with Gasteiger partial charge in [0, 0.05) is 19.7 Å². The molecule has 0 radical (unpaired) electrons. The van der Waals surface area contributed by atoms with Crippen molar-refractivity contribution in [3.8, 4) is 0 Å². The Morgan fingerprint density at radius 2 is 2.29 bits per heavy atom. The summed E-state index contributed by atoms with van der Waals surface area (Å²) in [4.78, 5) is 12.2. The van der Waals surface area contributed by atoms with Crippen LogP contribution in [0.4, 0.5) is 0 Å². The van der Waals surface area contributed by atoms with Crippen LogP contribution in [-0.2, 0) is 19.4 Å². The zero-order valence-corrected chi connectivity index (χ0v) is 9.00. The predicted octanol–water partition coefficient (Wildman–Crippen LogP) is -0.722. The van der Waals surface area contributed by atoms with Gasteiger partial charge >= 0.3 is 0 Å². The Bertz CT molecular complexity index is 288. The number of hydrogen-bond acceptors (Lipinski definition) is 4. The molecule has 1 rings (SSSR count). The molecule has 0 aliphatic carbocycles. The number of rotatable bonds is 5. The standard InChI is InChI=1S/C8H15NO4S/c1-13-4-3-9(7-10)8-2-5-14(11,12)6-8/h7-8H,2-6H2,1H3. The smallest absolute Gasteiger partial charge is 0.210 e. The molecule has 1 fully saturated rings. The summed E-state index contributed by atoms with van der Waals surface area (Å²) in [6.07, 6.45) is 1.25. The normalized spacial score (nSPS) is 24.8. The van der Waals surface area contributed by atoms with Crippen molar-refractivity contribution in [1.82, 2.24) is 4.90 Å². The number of methoxy groups -OCH3 is 1. The molecule has 0 aromatic rings. The van der Waals surface area contributed by atoms with Crippen LogP contribution >= 0.6 is 0 Å². The first-order valence-corrected chi connectivity index (χ1v) is 6.31. The second-order valence-electron chi connectivity index (χ2n) is 3.39. The summed E-state index contributed by atoms with van der Waals surface area (Å²) >= 11 is 0. The number of amides is 1. The molecule has 1 amide bonds. The molecule has 6 heteroatoms. The molecule has 1 unspecified atom stereocenters. The summed E-state index contributed by atoms with van der Waals surface area (Å²) < 4.78 is 27.2. The lowest BCUT2D eigenvalue weighted by molar-refractivity contribution is -0.120. The summed E-state index contributed by atoms with van der Waals surface area (Å²) in [6.45, 7) is 0.898. The van der Waals surface area contributed by atoms with E-state index in [9.17, 15) is 13.2 Å². The van der Waals surface area contributed by atoms with Crippen LogP contribution in [0.15, 0.2) is 0 Å². The highest BCUT2D eigenvalue weighted by molar-refractivity contribution is 7.91. The summed E-state index contributed by atoms with van der Waals surface area (Å²) in [5, 5.41) is 0. The Balaban J connectivity index is 2.50. The van der Waals surface area contributed by atoms with E-state index in [0.717, 1.165) is 0 Å². The van der Waals surface area contributed by atoms with Gasteiger partial charge in [0.25, 0.3) is 0 Å². The quantitative estimate of drug-likeness (QED) is 0.575. The van der Waals surface area contributed by atoms with Gasteiger partial charge in [-0.15, -0.1) is 0 Å². The van der Waals surface area contributed by atoms with Crippen molar-refractivity contribution in [2.45, 2.75) is 12.5 Å². The van der Waals surface area contributed by atoms with Crippen LogP contribution in [-0.4, -0.2) is 57.5 Å². The summed E-state index contributed by atoms with van der Waals surface area (Å²) in [5.74, 6) is 0.282. The highest BCUT2D eigenvalue weighted by Crippen LogP contribution is 2.16. The average Bonchev–Trinajstić information content (AvgIpc) is 2.48. The van der Waals surface area contributed by atoms with E-state index >= 15 is 0 Å². The van der Waals surface area contributed by atoms with Crippen LogP contribution in [0.1, 0.15) is 6.42 Å². The molecule has 0 N–H and O–H groups in total. The Morgan fingerprint density at radius 3 is 2.71 bits per heavy atom. The van der Waals surface area contributed by atoms with Gasteiger partial charge in [-0.1, -0.05) is 0 Å². The first-order chi connectivity index (χ1) is 6.59. The van der Waals surface area contributed by atoms with E-state index in [2.05, 4.69) is 0 Å². The lowest BCUT2D eigenvalue weighted by atomic mass is 10.2. The Labute approximate surface area is 83.9 Å². The second kappa shape index (κ2) is 4.75. The fourth-order valence-corrected chi connectivity index (χ4v) is 3.30. The van der Waals surface area contributed by atoms with Crippen molar-refractivity contribution in [1.29, 1.82) is 0 Å². The maximum absolute atomic E-state index is 11.2. The van der Waals surface area contributed by atoms with Gasteiger partial charge in [-0.05, 0) is 6.42 Å². The van der Waals surface area contributed by atoms with E-state index in [1.165, 1.54) is 4.90 Å². The minimum absolute atomic E-state index is 0.0927. The third-order valence-electron chi connectivity index (χ3n) is 2.37. The minimum Gasteiger partial charge on any atom is -0.383 e. The Hall–Kier alpha value is -0.620. The van der Waals surface area contributed by atoms with Crippen molar-refractivity contribution in [2.24, 2.45) is 0 Å². The summed E-state index contributed by atoms with van der Waals surface area (Å²) in [7, 11) is -1.37. The second-order valence-corrected chi connectivity index (χ2v) is 5.62. The van der Waals surface area contributed by atoms with Gasteiger partial charge in [-0.3, -0.25) is 4.79 Å². The lowest BCUT2D eigenvalue weighted by Crippen LogP contribution is -2.37. The van der Waals surface area contributed by atoms with E-state index in [1.807, 2.05) is 0 Å². The number of sulfone groups is 1. The van der Waals surface area contributed by atoms with E-state index in [4.69, 9.17) is 4.74 Å². The lowest BCUT2D eigenvalue weighted by Gasteiger charge is -2.22. The molecule has 82 valence electrons. The van der Waals surface area contributed by atoms with Crippen LogP contribution in [0.3, 0.4) is 0 Å².